The fraction of sp³-hybridized carbons (Fsp3) is 0.647. The lowest BCUT2D eigenvalue weighted by Crippen LogP contribution is -2.36. The van der Waals surface area contributed by atoms with E-state index in [9.17, 15) is 13.2 Å². The summed E-state index contributed by atoms with van der Waals surface area (Å²) in [4.78, 5) is 0. The second-order valence-electron chi connectivity index (χ2n) is 6.66. The van der Waals surface area contributed by atoms with E-state index in [1.807, 2.05) is 0 Å². The molecule has 2 fully saturated rings. The van der Waals surface area contributed by atoms with Crippen LogP contribution < -0.4 is 5.32 Å². The normalized spacial score (nSPS) is 29.8. The largest absolute Gasteiger partial charge is 0.416 e. The van der Waals surface area contributed by atoms with Crippen LogP contribution >= 0.6 is 0 Å². The molecule has 0 radical (unpaired) electrons. The Hall–Kier alpha value is -1.03. The van der Waals surface area contributed by atoms with Gasteiger partial charge in [-0.3, -0.25) is 0 Å². The first kappa shape index (κ1) is 14.9. The molecule has 4 atom stereocenters. The van der Waals surface area contributed by atoms with Crippen LogP contribution in [-0.2, 0) is 12.7 Å². The van der Waals surface area contributed by atoms with Crippen molar-refractivity contribution in [2.45, 2.75) is 51.4 Å². The molecule has 116 valence electrons. The summed E-state index contributed by atoms with van der Waals surface area (Å²) in [5, 5.41) is 3.34. The first-order valence-corrected chi connectivity index (χ1v) is 7.83. The number of rotatable bonds is 4. The van der Waals surface area contributed by atoms with E-state index < -0.39 is 11.7 Å². The van der Waals surface area contributed by atoms with Crippen LogP contribution in [0.3, 0.4) is 0 Å². The van der Waals surface area contributed by atoms with Gasteiger partial charge in [0.1, 0.15) is 0 Å². The molecule has 2 aliphatic rings. The quantitative estimate of drug-likeness (QED) is 0.855. The zero-order chi connectivity index (χ0) is 15.0. The van der Waals surface area contributed by atoms with E-state index in [1.54, 1.807) is 12.1 Å². The zero-order valence-electron chi connectivity index (χ0n) is 12.3. The predicted molar refractivity (Wildman–Crippen MR) is 76.7 cm³/mol. The summed E-state index contributed by atoms with van der Waals surface area (Å²) in [5.41, 5.74) is -0.169. The summed E-state index contributed by atoms with van der Waals surface area (Å²) in [6.07, 6.45) is 0.967. The lowest BCUT2D eigenvalue weighted by molar-refractivity contribution is -0.138. The third-order valence-electron chi connectivity index (χ3n) is 5.37. The molecule has 0 amide bonds. The van der Waals surface area contributed by atoms with Gasteiger partial charge in [-0.15, -0.1) is 0 Å². The molecule has 2 aliphatic carbocycles. The second-order valence-corrected chi connectivity index (χ2v) is 6.66. The van der Waals surface area contributed by atoms with Crippen molar-refractivity contribution in [3.05, 3.63) is 35.4 Å². The summed E-state index contributed by atoms with van der Waals surface area (Å²) >= 11 is 0. The summed E-state index contributed by atoms with van der Waals surface area (Å²) in [6.45, 7) is 2.42. The molecule has 0 aliphatic heterocycles. The van der Waals surface area contributed by atoms with Gasteiger partial charge in [0.25, 0.3) is 0 Å². The summed E-state index contributed by atoms with van der Waals surface area (Å²) in [7, 11) is 0. The molecule has 1 aromatic carbocycles. The van der Waals surface area contributed by atoms with Crippen LogP contribution in [-0.4, -0.2) is 6.04 Å². The van der Waals surface area contributed by atoms with E-state index in [0.29, 0.717) is 24.1 Å². The Bertz CT molecular complexity index is 497. The summed E-state index contributed by atoms with van der Waals surface area (Å²) < 4.78 is 38.9. The minimum Gasteiger partial charge on any atom is -0.310 e. The van der Waals surface area contributed by atoms with Crippen LogP contribution in [0.15, 0.2) is 24.3 Å². The molecule has 1 N–H and O–H groups in total. The Morgan fingerprint density at radius 2 is 1.95 bits per heavy atom. The molecule has 4 unspecified atom stereocenters. The molecule has 0 spiro atoms. The molecule has 0 aromatic heterocycles. The maximum Gasteiger partial charge on any atom is 0.416 e. The minimum absolute atomic E-state index is 0.293. The molecular formula is C17H22F3N. The summed E-state index contributed by atoms with van der Waals surface area (Å²) in [6, 6.07) is 6.16. The standard InChI is InChI=1S/C17H22F3N/c1-11(15-9-12-6-7-13(15)8-12)21-10-14-4-2-3-5-16(14)17(18,19)20/h2-5,11-13,15,21H,6-10H2,1H3. The Morgan fingerprint density at radius 3 is 2.57 bits per heavy atom. The molecule has 0 saturated heterocycles. The van der Waals surface area contributed by atoms with Crippen LogP contribution in [0.5, 0.6) is 0 Å². The van der Waals surface area contributed by atoms with Gasteiger partial charge in [-0.1, -0.05) is 24.6 Å². The van der Waals surface area contributed by atoms with Crippen molar-refractivity contribution < 1.29 is 13.2 Å². The topological polar surface area (TPSA) is 12.0 Å². The van der Waals surface area contributed by atoms with Gasteiger partial charge in [0.15, 0.2) is 0 Å². The highest BCUT2D eigenvalue weighted by molar-refractivity contribution is 5.29. The van der Waals surface area contributed by atoms with Gasteiger partial charge in [0.2, 0.25) is 0 Å². The third kappa shape index (κ3) is 3.10. The average Bonchev–Trinajstić information content (AvgIpc) is 3.06. The average molecular weight is 297 g/mol. The smallest absolute Gasteiger partial charge is 0.310 e. The van der Waals surface area contributed by atoms with Crippen LogP contribution in [0.2, 0.25) is 0 Å². The van der Waals surface area contributed by atoms with E-state index >= 15 is 0 Å². The van der Waals surface area contributed by atoms with Gasteiger partial charge in [-0.25, -0.2) is 0 Å². The Kier molecular flexibility index (Phi) is 4.00. The molecule has 2 saturated carbocycles. The van der Waals surface area contributed by atoms with Crippen LogP contribution in [0.4, 0.5) is 13.2 Å². The molecule has 21 heavy (non-hydrogen) atoms. The molecule has 4 heteroatoms. The van der Waals surface area contributed by atoms with Crippen molar-refractivity contribution in [2.75, 3.05) is 0 Å². The van der Waals surface area contributed by atoms with Gasteiger partial charge < -0.3 is 5.32 Å². The van der Waals surface area contributed by atoms with Crippen molar-refractivity contribution >= 4 is 0 Å². The van der Waals surface area contributed by atoms with Crippen molar-refractivity contribution in [1.82, 2.24) is 5.32 Å². The van der Waals surface area contributed by atoms with E-state index in [0.717, 1.165) is 11.8 Å². The number of benzene rings is 1. The van der Waals surface area contributed by atoms with Gasteiger partial charge >= 0.3 is 6.18 Å². The lowest BCUT2D eigenvalue weighted by Gasteiger charge is -2.29. The van der Waals surface area contributed by atoms with Crippen molar-refractivity contribution in [3.63, 3.8) is 0 Å². The number of halogens is 3. The third-order valence-corrected chi connectivity index (χ3v) is 5.37. The van der Waals surface area contributed by atoms with Gasteiger partial charge in [-0.05, 0) is 55.6 Å². The Labute approximate surface area is 123 Å². The highest BCUT2D eigenvalue weighted by Crippen LogP contribution is 2.49. The fourth-order valence-corrected chi connectivity index (χ4v) is 4.28. The van der Waals surface area contributed by atoms with Gasteiger partial charge in [-0.2, -0.15) is 13.2 Å². The number of nitrogens with one attached hydrogen (secondary N) is 1. The second kappa shape index (κ2) is 5.64. The summed E-state index contributed by atoms with van der Waals surface area (Å²) in [5.74, 6) is 2.30. The highest BCUT2D eigenvalue weighted by Gasteiger charge is 2.41. The molecule has 1 aromatic rings. The van der Waals surface area contributed by atoms with Crippen molar-refractivity contribution in [2.24, 2.45) is 17.8 Å². The number of hydrogen-bond donors (Lipinski definition) is 1. The fourth-order valence-electron chi connectivity index (χ4n) is 4.28. The maximum absolute atomic E-state index is 13.0. The number of fused-ring (bicyclic) bond motifs is 2. The van der Waals surface area contributed by atoms with Crippen molar-refractivity contribution in [1.29, 1.82) is 0 Å². The van der Waals surface area contributed by atoms with Gasteiger partial charge in [0, 0.05) is 12.6 Å². The molecular weight excluding hydrogens is 275 g/mol. The first-order valence-electron chi connectivity index (χ1n) is 7.83. The molecule has 1 nitrogen and oxygen atoms in total. The van der Waals surface area contributed by atoms with Crippen LogP contribution in [0, 0.1) is 17.8 Å². The monoisotopic (exact) mass is 297 g/mol. The maximum atomic E-state index is 13.0. The molecule has 0 heterocycles. The van der Waals surface area contributed by atoms with E-state index in [-0.39, 0.29) is 0 Å². The highest BCUT2D eigenvalue weighted by atomic mass is 19.4. The lowest BCUT2D eigenvalue weighted by atomic mass is 9.84. The van der Waals surface area contributed by atoms with Crippen LogP contribution in [0.1, 0.15) is 43.7 Å². The number of alkyl halides is 3. The van der Waals surface area contributed by atoms with E-state index in [2.05, 4.69) is 12.2 Å². The van der Waals surface area contributed by atoms with Crippen LogP contribution in [0.25, 0.3) is 0 Å². The Balaban J connectivity index is 1.63. The Morgan fingerprint density at radius 1 is 1.19 bits per heavy atom. The molecule has 3 rings (SSSR count). The predicted octanol–water partition coefficient (Wildman–Crippen LogP) is 4.62. The van der Waals surface area contributed by atoms with E-state index in [1.165, 1.54) is 37.8 Å². The van der Waals surface area contributed by atoms with Gasteiger partial charge in [0.05, 0.1) is 5.56 Å². The molecule has 2 bridgehead atoms. The number of hydrogen-bond acceptors (Lipinski definition) is 1. The zero-order valence-corrected chi connectivity index (χ0v) is 12.3. The van der Waals surface area contributed by atoms with E-state index in [4.69, 9.17) is 0 Å². The SMILES string of the molecule is CC(NCc1ccccc1C(F)(F)F)C1CC2CCC1C2. The first-order chi connectivity index (χ1) is 9.95. The van der Waals surface area contributed by atoms with Crippen molar-refractivity contribution in [3.8, 4) is 0 Å². The minimum atomic E-state index is -4.27.